The smallest absolute Gasteiger partial charge is 0.263 e. The van der Waals surface area contributed by atoms with E-state index in [1.807, 2.05) is 6.07 Å². The number of carbonyl (C=O) groups is 2. The van der Waals surface area contributed by atoms with Gasteiger partial charge in [0.05, 0.1) is 22.9 Å². The standard InChI is InChI=1S/C25H30N8O2S2/c1-15(27-14-21(34)33-9-4-5-17(33)13-26)12-25(24-28-30-31-29-24)18-8-10-36-19(18)7-6-16-11-20(37-22(16)25)23(35)32(2)3/h8,10-11,15,17,27H,4-7,9,12,14H2,1-3H3,(H,28,29,30,31)/t15-,17+,25?/m1/s1. The van der Waals surface area contributed by atoms with Gasteiger partial charge in [-0.25, -0.2) is 0 Å². The maximum atomic E-state index is 12.9. The van der Waals surface area contributed by atoms with E-state index in [-0.39, 0.29) is 30.4 Å². The topological polar surface area (TPSA) is 131 Å². The van der Waals surface area contributed by atoms with E-state index in [0.29, 0.717) is 23.7 Å². The van der Waals surface area contributed by atoms with Gasteiger partial charge in [0.15, 0.2) is 5.82 Å². The number of likely N-dealkylation sites (tertiary alicyclic amines) is 1. The number of aryl methyl sites for hydroxylation is 2. The zero-order valence-corrected chi connectivity index (χ0v) is 22.8. The average molecular weight is 539 g/mol. The minimum absolute atomic E-state index is 0.0277. The summed E-state index contributed by atoms with van der Waals surface area (Å²) in [5.41, 5.74) is 1.54. The number of carbonyl (C=O) groups excluding carboxylic acids is 2. The first-order valence-electron chi connectivity index (χ1n) is 12.4. The number of amides is 2. The summed E-state index contributed by atoms with van der Waals surface area (Å²) < 4.78 is 0. The monoisotopic (exact) mass is 538 g/mol. The zero-order chi connectivity index (χ0) is 26.2. The molecule has 194 valence electrons. The molecule has 4 heterocycles. The minimum Gasteiger partial charge on any atom is -0.344 e. The second-order valence-electron chi connectivity index (χ2n) is 9.92. The number of thiophene rings is 2. The van der Waals surface area contributed by atoms with Crippen molar-refractivity contribution in [3.05, 3.63) is 49.1 Å². The number of rotatable bonds is 7. The van der Waals surface area contributed by atoms with Crippen molar-refractivity contribution >= 4 is 34.5 Å². The van der Waals surface area contributed by atoms with Crippen LogP contribution in [0.2, 0.25) is 0 Å². The van der Waals surface area contributed by atoms with Gasteiger partial charge in [-0.2, -0.15) is 10.5 Å². The Morgan fingerprint density at radius 1 is 1.41 bits per heavy atom. The van der Waals surface area contributed by atoms with Crippen LogP contribution in [0.15, 0.2) is 17.5 Å². The van der Waals surface area contributed by atoms with Crippen LogP contribution in [0.25, 0.3) is 0 Å². The van der Waals surface area contributed by atoms with Crippen LogP contribution in [-0.4, -0.2) is 81.5 Å². The number of H-pyrrole nitrogens is 1. The van der Waals surface area contributed by atoms with Crippen molar-refractivity contribution in [2.75, 3.05) is 27.2 Å². The van der Waals surface area contributed by atoms with Crippen LogP contribution in [0.3, 0.4) is 0 Å². The molecule has 0 saturated carbocycles. The number of hydrogen-bond acceptors (Lipinski definition) is 9. The van der Waals surface area contributed by atoms with Crippen LogP contribution in [0.1, 0.15) is 62.6 Å². The van der Waals surface area contributed by atoms with Gasteiger partial charge in [0, 0.05) is 36.4 Å². The summed E-state index contributed by atoms with van der Waals surface area (Å²) in [5.74, 6) is 0.474. The molecule has 0 bridgehead atoms. The number of nitriles is 1. The van der Waals surface area contributed by atoms with Crippen LogP contribution in [0, 0.1) is 11.3 Å². The van der Waals surface area contributed by atoms with E-state index in [1.165, 1.54) is 16.2 Å². The number of aromatic nitrogens is 4. The Morgan fingerprint density at radius 3 is 2.97 bits per heavy atom. The summed E-state index contributed by atoms with van der Waals surface area (Å²) >= 11 is 3.22. The van der Waals surface area contributed by atoms with E-state index >= 15 is 0 Å². The van der Waals surface area contributed by atoms with Crippen molar-refractivity contribution in [3.63, 3.8) is 0 Å². The fraction of sp³-hybridized carbons (Fsp3) is 0.520. The number of hydrogen-bond donors (Lipinski definition) is 2. The minimum atomic E-state index is -0.720. The van der Waals surface area contributed by atoms with Crippen molar-refractivity contribution in [1.29, 1.82) is 5.26 Å². The third kappa shape index (κ3) is 4.56. The molecule has 10 nitrogen and oxygen atoms in total. The molecule has 12 heteroatoms. The van der Waals surface area contributed by atoms with Crippen LogP contribution >= 0.6 is 22.7 Å². The number of aromatic amines is 1. The van der Waals surface area contributed by atoms with Gasteiger partial charge in [-0.1, -0.05) is 5.21 Å². The normalized spacial score (nSPS) is 21.6. The molecule has 0 radical (unpaired) electrons. The highest BCUT2D eigenvalue weighted by atomic mass is 32.1. The summed E-state index contributed by atoms with van der Waals surface area (Å²) in [6, 6.07) is 5.96. The lowest BCUT2D eigenvalue weighted by atomic mass is 9.73. The number of fused-ring (bicyclic) bond motifs is 2. The fourth-order valence-electron chi connectivity index (χ4n) is 5.54. The first-order chi connectivity index (χ1) is 17.8. The third-order valence-electron chi connectivity index (χ3n) is 7.30. The predicted octanol–water partition coefficient (Wildman–Crippen LogP) is 2.34. The molecule has 2 amide bonds. The molecule has 3 aromatic rings. The maximum absolute atomic E-state index is 12.9. The highest BCUT2D eigenvalue weighted by molar-refractivity contribution is 7.14. The van der Waals surface area contributed by atoms with Gasteiger partial charge in [-0.05, 0) is 67.7 Å². The molecule has 1 fully saturated rings. The lowest BCUT2D eigenvalue weighted by Gasteiger charge is -2.33. The number of tetrazole rings is 1. The molecule has 1 saturated heterocycles. The molecule has 2 aliphatic rings. The zero-order valence-electron chi connectivity index (χ0n) is 21.2. The highest BCUT2D eigenvalue weighted by Crippen LogP contribution is 2.50. The summed E-state index contributed by atoms with van der Waals surface area (Å²) in [6.07, 6.45) is 3.86. The second kappa shape index (κ2) is 10.3. The van der Waals surface area contributed by atoms with Gasteiger partial charge >= 0.3 is 0 Å². The second-order valence-corrected chi connectivity index (χ2v) is 12.0. The summed E-state index contributed by atoms with van der Waals surface area (Å²) in [7, 11) is 3.52. The van der Waals surface area contributed by atoms with Gasteiger partial charge < -0.3 is 15.1 Å². The SMILES string of the molecule is C[C@H](CC1(c2nn[nH]n2)c2ccsc2CCc2cc(C(=O)N(C)C)sc21)NCC(=O)N1CCC[C@H]1C#N. The van der Waals surface area contributed by atoms with E-state index < -0.39 is 5.41 Å². The van der Waals surface area contributed by atoms with Crippen molar-refractivity contribution in [2.24, 2.45) is 0 Å². The predicted molar refractivity (Wildman–Crippen MR) is 141 cm³/mol. The van der Waals surface area contributed by atoms with E-state index in [4.69, 9.17) is 0 Å². The Labute approximate surface area is 223 Å². The Bertz CT molecular complexity index is 1320. The van der Waals surface area contributed by atoms with Crippen LogP contribution in [0.5, 0.6) is 0 Å². The van der Waals surface area contributed by atoms with Gasteiger partial charge in [-0.3, -0.25) is 9.59 Å². The van der Waals surface area contributed by atoms with Crippen LogP contribution in [-0.2, 0) is 23.1 Å². The van der Waals surface area contributed by atoms with Gasteiger partial charge in [0.2, 0.25) is 5.91 Å². The third-order valence-corrected chi connectivity index (χ3v) is 9.61. The van der Waals surface area contributed by atoms with Crippen molar-refractivity contribution < 1.29 is 9.59 Å². The summed E-state index contributed by atoms with van der Waals surface area (Å²) in [4.78, 5) is 32.1. The van der Waals surface area contributed by atoms with Crippen molar-refractivity contribution in [2.45, 2.75) is 56.5 Å². The van der Waals surface area contributed by atoms with Crippen LogP contribution in [0.4, 0.5) is 0 Å². The quantitative estimate of drug-likeness (QED) is 0.472. The van der Waals surface area contributed by atoms with Crippen molar-refractivity contribution in [3.8, 4) is 6.07 Å². The first-order valence-corrected chi connectivity index (χ1v) is 14.1. The lowest BCUT2D eigenvalue weighted by Crippen LogP contribution is -2.45. The molecule has 5 rings (SSSR count). The number of nitrogens with one attached hydrogen (secondary N) is 2. The summed E-state index contributed by atoms with van der Waals surface area (Å²) in [6.45, 7) is 2.83. The molecule has 37 heavy (non-hydrogen) atoms. The van der Waals surface area contributed by atoms with Gasteiger partial charge in [0.25, 0.3) is 5.91 Å². The largest absolute Gasteiger partial charge is 0.344 e. The molecule has 0 spiro atoms. The molecule has 3 atom stereocenters. The first kappa shape index (κ1) is 25.5. The van der Waals surface area contributed by atoms with Gasteiger partial charge in [0.1, 0.15) is 6.04 Å². The van der Waals surface area contributed by atoms with Crippen LogP contribution < -0.4 is 5.32 Å². The molecule has 1 aliphatic heterocycles. The van der Waals surface area contributed by atoms with E-state index in [2.05, 4.69) is 50.4 Å². The highest BCUT2D eigenvalue weighted by Gasteiger charge is 2.47. The van der Waals surface area contributed by atoms with E-state index in [1.54, 1.807) is 35.2 Å². The Kier molecular flexibility index (Phi) is 7.11. The maximum Gasteiger partial charge on any atom is 0.263 e. The molecular formula is C25H30N8O2S2. The molecule has 1 aliphatic carbocycles. The molecule has 1 unspecified atom stereocenters. The summed E-state index contributed by atoms with van der Waals surface area (Å²) in [5, 5.41) is 30.4. The fourth-order valence-corrected chi connectivity index (χ4v) is 7.94. The van der Waals surface area contributed by atoms with E-state index in [9.17, 15) is 14.9 Å². The Hall–Kier alpha value is -3.14. The number of nitrogens with zero attached hydrogens (tertiary/aromatic N) is 6. The molecule has 0 aromatic carbocycles. The Morgan fingerprint density at radius 2 is 2.24 bits per heavy atom. The molecular weight excluding hydrogens is 508 g/mol. The van der Waals surface area contributed by atoms with Gasteiger partial charge in [-0.15, -0.1) is 32.9 Å². The van der Waals surface area contributed by atoms with E-state index in [0.717, 1.165) is 41.7 Å². The lowest BCUT2D eigenvalue weighted by molar-refractivity contribution is -0.130. The molecule has 2 N–H and O–H groups in total. The molecule has 3 aromatic heterocycles. The Balaban J connectivity index is 1.51. The van der Waals surface area contributed by atoms with Crippen molar-refractivity contribution in [1.82, 2.24) is 35.7 Å². The average Bonchev–Trinajstić information content (AvgIpc) is 3.70.